The van der Waals surface area contributed by atoms with Crippen LogP contribution in [0, 0.1) is 0 Å². The van der Waals surface area contributed by atoms with E-state index in [0.717, 1.165) is 19.3 Å². The molecule has 2 heteroatoms. The molecule has 0 fully saturated rings. The number of carboxylic acid groups (broad SMARTS) is 1. The molecule has 1 N–H and O–H groups in total. The first-order valence-electron chi connectivity index (χ1n) is 5.50. The summed E-state index contributed by atoms with van der Waals surface area (Å²) in [7, 11) is 0. The minimum absolute atomic E-state index is 0.263. The van der Waals surface area contributed by atoms with E-state index in [1.807, 2.05) is 18.2 Å². The van der Waals surface area contributed by atoms with Crippen LogP contribution in [0.4, 0.5) is 0 Å². The van der Waals surface area contributed by atoms with Gasteiger partial charge in [0.05, 0.1) is 0 Å². The van der Waals surface area contributed by atoms with Crippen molar-refractivity contribution in [2.75, 3.05) is 0 Å². The Labute approximate surface area is 90.9 Å². The Balaban J connectivity index is 2.61. The van der Waals surface area contributed by atoms with E-state index in [1.54, 1.807) is 0 Å². The molecule has 0 amide bonds. The largest absolute Gasteiger partial charge is 0.481 e. The summed E-state index contributed by atoms with van der Waals surface area (Å²) in [5.41, 5.74) is 1.26. The summed E-state index contributed by atoms with van der Waals surface area (Å²) >= 11 is 0. The third-order valence-corrected chi connectivity index (χ3v) is 2.61. The number of carboxylic acids is 1. The fourth-order valence-corrected chi connectivity index (χ4v) is 1.85. The van der Waals surface area contributed by atoms with Crippen LogP contribution < -0.4 is 0 Å². The summed E-state index contributed by atoms with van der Waals surface area (Å²) in [5, 5.41) is 8.68. The highest BCUT2D eigenvalue weighted by Crippen LogP contribution is 2.25. The van der Waals surface area contributed by atoms with Gasteiger partial charge in [0, 0.05) is 6.42 Å². The molecule has 1 aromatic rings. The van der Waals surface area contributed by atoms with Gasteiger partial charge in [-0.25, -0.2) is 0 Å². The molecule has 15 heavy (non-hydrogen) atoms. The standard InChI is InChI=1S/C13H18O2/c1-2-6-11(9-10-13(14)15)12-7-4-3-5-8-12/h3-5,7-8,11H,2,6,9-10H2,1H3,(H,14,15). The van der Waals surface area contributed by atoms with Crippen LogP contribution in [0.3, 0.4) is 0 Å². The van der Waals surface area contributed by atoms with Gasteiger partial charge >= 0.3 is 5.97 Å². The lowest BCUT2D eigenvalue weighted by Crippen LogP contribution is -2.03. The van der Waals surface area contributed by atoms with E-state index in [1.165, 1.54) is 5.56 Å². The van der Waals surface area contributed by atoms with Gasteiger partial charge in [-0.1, -0.05) is 43.7 Å². The van der Waals surface area contributed by atoms with Crippen molar-refractivity contribution in [2.24, 2.45) is 0 Å². The number of carbonyl (C=O) groups is 1. The van der Waals surface area contributed by atoms with E-state index in [-0.39, 0.29) is 6.42 Å². The quantitative estimate of drug-likeness (QED) is 0.774. The van der Waals surface area contributed by atoms with E-state index in [2.05, 4.69) is 19.1 Å². The molecule has 2 nitrogen and oxygen atoms in total. The van der Waals surface area contributed by atoms with Gasteiger partial charge in [-0.05, 0) is 24.3 Å². The molecule has 1 atom stereocenters. The van der Waals surface area contributed by atoms with E-state index >= 15 is 0 Å². The fourth-order valence-electron chi connectivity index (χ4n) is 1.85. The lowest BCUT2D eigenvalue weighted by Gasteiger charge is -2.15. The van der Waals surface area contributed by atoms with Crippen molar-refractivity contribution in [3.05, 3.63) is 35.9 Å². The highest BCUT2D eigenvalue weighted by molar-refractivity contribution is 5.66. The Morgan fingerprint density at radius 2 is 1.93 bits per heavy atom. The van der Waals surface area contributed by atoms with Crippen molar-refractivity contribution >= 4 is 5.97 Å². The molecule has 0 radical (unpaired) electrons. The molecule has 1 unspecified atom stereocenters. The summed E-state index contributed by atoms with van der Waals surface area (Å²) in [6.45, 7) is 2.14. The maximum Gasteiger partial charge on any atom is 0.303 e. The van der Waals surface area contributed by atoms with Crippen LogP contribution >= 0.6 is 0 Å². The predicted octanol–water partition coefficient (Wildman–Crippen LogP) is 3.44. The fraction of sp³-hybridized carbons (Fsp3) is 0.462. The molecule has 0 aromatic heterocycles. The van der Waals surface area contributed by atoms with Crippen molar-refractivity contribution in [1.29, 1.82) is 0 Å². The summed E-state index contributed by atoms with van der Waals surface area (Å²) in [6.07, 6.45) is 3.17. The van der Waals surface area contributed by atoms with E-state index in [9.17, 15) is 4.79 Å². The van der Waals surface area contributed by atoms with Crippen LogP contribution in [0.25, 0.3) is 0 Å². The monoisotopic (exact) mass is 206 g/mol. The molecule has 0 bridgehead atoms. The molecule has 0 saturated carbocycles. The highest BCUT2D eigenvalue weighted by atomic mass is 16.4. The van der Waals surface area contributed by atoms with Gasteiger partial charge in [-0.2, -0.15) is 0 Å². The number of hydrogen-bond donors (Lipinski definition) is 1. The lowest BCUT2D eigenvalue weighted by atomic mass is 9.90. The van der Waals surface area contributed by atoms with Gasteiger partial charge in [0.2, 0.25) is 0 Å². The third-order valence-electron chi connectivity index (χ3n) is 2.61. The first-order chi connectivity index (χ1) is 7.24. The third kappa shape index (κ3) is 4.15. The van der Waals surface area contributed by atoms with Gasteiger partial charge in [-0.3, -0.25) is 4.79 Å². The van der Waals surface area contributed by atoms with Crippen LogP contribution in [0.2, 0.25) is 0 Å². The first kappa shape index (κ1) is 11.8. The molecular formula is C13H18O2. The molecule has 1 rings (SSSR count). The predicted molar refractivity (Wildman–Crippen MR) is 61.0 cm³/mol. The molecule has 1 aromatic carbocycles. The zero-order chi connectivity index (χ0) is 11.1. The summed E-state index contributed by atoms with van der Waals surface area (Å²) < 4.78 is 0. The molecule has 0 heterocycles. The van der Waals surface area contributed by atoms with Crippen LogP contribution in [0.15, 0.2) is 30.3 Å². The Morgan fingerprint density at radius 1 is 1.27 bits per heavy atom. The minimum atomic E-state index is -0.702. The molecule has 0 aliphatic rings. The molecule has 82 valence electrons. The Kier molecular flexibility index (Phi) is 4.88. The average Bonchev–Trinajstić information content (AvgIpc) is 2.25. The van der Waals surface area contributed by atoms with Crippen LogP contribution in [0.1, 0.15) is 44.1 Å². The summed E-state index contributed by atoms with van der Waals surface area (Å²) in [5.74, 6) is -0.306. The van der Waals surface area contributed by atoms with Gasteiger partial charge in [0.25, 0.3) is 0 Å². The van der Waals surface area contributed by atoms with Crippen LogP contribution in [-0.2, 0) is 4.79 Å². The van der Waals surface area contributed by atoms with Crippen LogP contribution in [0.5, 0.6) is 0 Å². The van der Waals surface area contributed by atoms with E-state index < -0.39 is 5.97 Å². The van der Waals surface area contributed by atoms with Crippen molar-refractivity contribution in [1.82, 2.24) is 0 Å². The Bertz CT molecular complexity index is 293. The minimum Gasteiger partial charge on any atom is -0.481 e. The maximum atomic E-state index is 10.5. The Morgan fingerprint density at radius 3 is 2.47 bits per heavy atom. The summed E-state index contributed by atoms with van der Waals surface area (Å²) in [4.78, 5) is 10.5. The van der Waals surface area contributed by atoms with Crippen molar-refractivity contribution < 1.29 is 9.90 Å². The zero-order valence-corrected chi connectivity index (χ0v) is 9.15. The highest BCUT2D eigenvalue weighted by Gasteiger charge is 2.11. The Hall–Kier alpha value is -1.31. The normalized spacial score (nSPS) is 12.3. The van der Waals surface area contributed by atoms with Crippen LogP contribution in [-0.4, -0.2) is 11.1 Å². The van der Waals surface area contributed by atoms with E-state index in [0.29, 0.717) is 5.92 Å². The number of rotatable bonds is 6. The van der Waals surface area contributed by atoms with Crippen molar-refractivity contribution in [2.45, 2.75) is 38.5 Å². The second kappa shape index (κ2) is 6.23. The molecule has 0 saturated heterocycles. The smallest absolute Gasteiger partial charge is 0.303 e. The van der Waals surface area contributed by atoms with Crippen molar-refractivity contribution in [3.63, 3.8) is 0 Å². The van der Waals surface area contributed by atoms with Gasteiger partial charge in [0.1, 0.15) is 0 Å². The molecule has 0 spiro atoms. The number of aliphatic carboxylic acids is 1. The van der Waals surface area contributed by atoms with Crippen molar-refractivity contribution in [3.8, 4) is 0 Å². The SMILES string of the molecule is CCCC(CCC(=O)O)c1ccccc1. The first-order valence-corrected chi connectivity index (χ1v) is 5.50. The number of hydrogen-bond acceptors (Lipinski definition) is 1. The molecule has 0 aliphatic heterocycles. The lowest BCUT2D eigenvalue weighted by molar-refractivity contribution is -0.137. The van der Waals surface area contributed by atoms with Gasteiger partial charge in [0.15, 0.2) is 0 Å². The van der Waals surface area contributed by atoms with Gasteiger partial charge in [-0.15, -0.1) is 0 Å². The van der Waals surface area contributed by atoms with E-state index in [4.69, 9.17) is 5.11 Å². The topological polar surface area (TPSA) is 37.3 Å². The number of benzene rings is 1. The maximum absolute atomic E-state index is 10.5. The molecular weight excluding hydrogens is 188 g/mol. The summed E-state index contributed by atoms with van der Waals surface area (Å²) in [6, 6.07) is 10.2. The second-order valence-electron chi connectivity index (χ2n) is 3.83. The zero-order valence-electron chi connectivity index (χ0n) is 9.15. The molecule has 0 aliphatic carbocycles. The second-order valence-corrected chi connectivity index (χ2v) is 3.83. The average molecular weight is 206 g/mol. The van der Waals surface area contributed by atoms with Gasteiger partial charge < -0.3 is 5.11 Å².